The van der Waals surface area contributed by atoms with Crippen LogP contribution in [0.25, 0.3) is 0 Å². The van der Waals surface area contributed by atoms with Gasteiger partial charge in [-0.15, -0.1) is 0 Å². The molecule has 0 aliphatic heterocycles. The van der Waals surface area contributed by atoms with E-state index < -0.39 is 45.6 Å². The molecule has 2 rings (SSSR count). The number of rotatable bonds is 5. The Morgan fingerprint density at radius 3 is 2.50 bits per heavy atom. The van der Waals surface area contributed by atoms with Crippen LogP contribution in [0.15, 0.2) is 36.4 Å². The average Bonchev–Trinajstić information content (AvgIpc) is 2.57. The number of nitrogens with zero attached hydrogens (tertiary/aromatic N) is 2. The number of halogens is 3. The number of nitrogens with one attached hydrogen (secondary N) is 1. The van der Waals surface area contributed by atoms with E-state index in [0.717, 1.165) is 6.07 Å². The summed E-state index contributed by atoms with van der Waals surface area (Å²) in [5.41, 5.74) is -0.324. The number of carbonyl (C=O) groups is 1. The van der Waals surface area contributed by atoms with Gasteiger partial charge in [-0.2, -0.15) is 5.26 Å². The first-order valence-corrected chi connectivity index (χ1v) is 8.89. The maximum absolute atomic E-state index is 13.9. The van der Waals surface area contributed by atoms with Crippen molar-refractivity contribution >= 4 is 27.3 Å². The summed E-state index contributed by atoms with van der Waals surface area (Å²) >= 11 is 0. The van der Waals surface area contributed by atoms with Crippen LogP contribution in [-0.4, -0.2) is 27.1 Å². The molecule has 136 valence electrons. The maximum atomic E-state index is 13.9. The van der Waals surface area contributed by atoms with Crippen LogP contribution >= 0.6 is 0 Å². The molecule has 6 nitrogen and oxygen atoms in total. The van der Waals surface area contributed by atoms with Crippen LogP contribution in [0, 0.1) is 28.8 Å². The lowest BCUT2D eigenvalue weighted by Gasteiger charge is -2.22. The molecule has 0 aliphatic rings. The maximum Gasteiger partial charge on any atom is 0.245 e. The van der Waals surface area contributed by atoms with E-state index in [2.05, 4.69) is 5.32 Å². The lowest BCUT2D eigenvalue weighted by Crippen LogP contribution is -2.38. The molecule has 0 bridgehead atoms. The highest BCUT2D eigenvalue weighted by Crippen LogP contribution is 2.25. The summed E-state index contributed by atoms with van der Waals surface area (Å²) in [5, 5.41) is 11.2. The predicted octanol–water partition coefficient (Wildman–Crippen LogP) is 2.38. The van der Waals surface area contributed by atoms with E-state index in [1.54, 1.807) is 0 Å². The average molecular weight is 383 g/mol. The highest BCUT2D eigenvalue weighted by Gasteiger charge is 2.26. The second-order valence-corrected chi connectivity index (χ2v) is 7.11. The molecule has 0 unspecified atom stereocenters. The molecular weight excluding hydrogens is 371 g/mol. The zero-order valence-electron chi connectivity index (χ0n) is 13.3. The molecule has 0 saturated heterocycles. The largest absolute Gasteiger partial charge is 0.324 e. The third kappa shape index (κ3) is 4.31. The van der Waals surface area contributed by atoms with Crippen molar-refractivity contribution in [2.45, 2.75) is 0 Å². The Bertz CT molecular complexity index is 1000. The van der Waals surface area contributed by atoms with Crippen LogP contribution in [0.3, 0.4) is 0 Å². The van der Waals surface area contributed by atoms with E-state index in [1.165, 1.54) is 24.3 Å². The van der Waals surface area contributed by atoms with Crippen molar-refractivity contribution in [3.63, 3.8) is 0 Å². The minimum atomic E-state index is -4.18. The first-order valence-electron chi connectivity index (χ1n) is 7.04. The van der Waals surface area contributed by atoms with Crippen LogP contribution in [0.2, 0.25) is 0 Å². The van der Waals surface area contributed by atoms with Crippen molar-refractivity contribution in [3.8, 4) is 6.07 Å². The number of hydrogen-bond acceptors (Lipinski definition) is 4. The van der Waals surface area contributed by atoms with Crippen LogP contribution in [0.1, 0.15) is 5.56 Å². The molecule has 26 heavy (non-hydrogen) atoms. The second-order valence-electron chi connectivity index (χ2n) is 5.20. The fourth-order valence-electron chi connectivity index (χ4n) is 2.09. The summed E-state index contributed by atoms with van der Waals surface area (Å²) in [6, 6.07) is 8.94. The number of carbonyl (C=O) groups excluding carboxylic acids is 1. The van der Waals surface area contributed by atoms with Crippen molar-refractivity contribution < 1.29 is 26.4 Å². The fraction of sp³-hybridized carbons (Fsp3) is 0.125. The fourth-order valence-corrected chi connectivity index (χ4v) is 2.94. The van der Waals surface area contributed by atoms with Gasteiger partial charge in [0.2, 0.25) is 15.9 Å². The Balaban J connectivity index is 2.31. The third-order valence-electron chi connectivity index (χ3n) is 3.25. The quantitative estimate of drug-likeness (QED) is 0.803. The molecule has 0 fully saturated rings. The van der Waals surface area contributed by atoms with Crippen molar-refractivity contribution in [1.29, 1.82) is 5.26 Å². The molecule has 1 amide bonds. The Morgan fingerprint density at radius 2 is 1.88 bits per heavy atom. The summed E-state index contributed by atoms with van der Waals surface area (Å²) < 4.78 is 64.5. The lowest BCUT2D eigenvalue weighted by atomic mass is 10.2. The van der Waals surface area contributed by atoms with Gasteiger partial charge in [-0.25, -0.2) is 21.6 Å². The number of anilines is 2. The van der Waals surface area contributed by atoms with Gasteiger partial charge in [0.25, 0.3) is 0 Å². The van der Waals surface area contributed by atoms with Gasteiger partial charge in [-0.05, 0) is 30.3 Å². The van der Waals surface area contributed by atoms with Gasteiger partial charge in [0, 0.05) is 5.69 Å². The minimum absolute atomic E-state index is 0.216. The minimum Gasteiger partial charge on any atom is -0.324 e. The molecule has 0 heterocycles. The van der Waals surface area contributed by atoms with E-state index in [0.29, 0.717) is 16.6 Å². The highest BCUT2D eigenvalue weighted by atomic mass is 32.2. The number of benzene rings is 2. The monoisotopic (exact) mass is 383 g/mol. The summed E-state index contributed by atoms with van der Waals surface area (Å²) in [6.45, 7) is -0.877. The normalized spacial score (nSPS) is 10.9. The SMILES string of the molecule is CS(=O)(=O)N(CC(=O)Nc1cccc(C#N)c1)c1ccc(F)c(F)c1F. The molecule has 2 aromatic rings. The molecule has 1 N–H and O–H groups in total. The predicted molar refractivity (Wildman–Crippen MR) is 88.3 cm³/mol. The van der Waals surface area contributed by atoms with Crippen molar-refractivity contribution in [3.05, 3.63) is 59.4 Å². The molecule has 0 spiro atoms. The summed E-state index contributed by atoms with van der Waals surface area (Å²) in [5.74, 6) is -5.93. The van der Waals surface area contributed by atoms with Gasteiger partial charge in [0.05, 0.1) is 23.6 Å². The summed E-state index contributed by atoms with van der Waals surface area (Å²) in [7, 11) is -4.18. The van der Waals surface area contributed by atoms with Gasteiger partial charge < -0.3 is 5.32 Å². The zero-order valence-corrected chi connectivity index (χ0v) is 14.1. The second kappa shape index (κ2) is 7.45. The Morgan fingerprint density at radius 1 is 1.19 bits per heavy atom. The molecule has 0 atom stereocenters. The van der Waals surface area contributed by atoms with Crippen LogP contribution in [0.4, 0.5) is 24.5 Å². The van der Waals surface area contributed by atoms with Gasteiger partial charge >= 0.3 is 0 Å². The molecule has 0 aliphatic carbocycles. The van der Waals surface area contributed by atoms with Gasteiger partial charge in [0.1, 0.15) is 6.54 Å². The number of sulfonamides is 1. The van der Waals surface area contributed by atoms with E-state index in [9.17, 15) is 26.4 Å². The third-order valence-corrected chi connectivity index (χ3v) is 4.37. The molecule has 0 radical (unpaired) electrons. The van der Waals surface area contributed by atoms with E-state index >= 15 is 0 Å². The van der Waals surface area contributed by atoms with Gasteiger partial charge in [0.15, 0.2) is 17.5 Å². The molecule has 10 heteroatoms. The topological polar surface area (TPSA) is 90.3 Å². The Labute approximate surface area is 147 Å². The van der Waals surface area contributed by atoms with E-state index in [-0.39, 0.29) is 11.3 Å². The first-order chi connectivity index (χ1) is 12.1. The van der Waals surface area contributed by atoms with Gasteiger partial charge in [-0.3, -0.25) is 9.10 Å². The summed E-state index contributed by atoms with van der Waals surface area (Å²) in [4.78, 5) is 12.1. The van der Waals surface area contributed by atoms with E-state index in [1.807, 2.05) is 6.07 Å². The zero-order chi connectivity index (χ0) is 19.5. The van der Waals surface area contributed by atoms with Crippen LogP contribution < -0.4 is 9.62 Å². The van der Waals surface area contributed by atoms with Gasteiger partial charge in [-0.1, -0.05) is 6.07 Å². The number of amides is 1. The standard InChI is InChI=1S/C16H12F3N3O3S/c1-26(24,25)22(13-6-5-12(17)15(18)16(13)19)9-14(23)21-11-4-2-3-10(7-11)8-20/h2-7H,9H2,1H3,(H,21,23). The number of hydrogen-bond donors (Lipinski definition) is 1. The van der Waals surface area contributed by atoms with E-state index in [4.69, 9.17) is 5.26 Å². The van der Waals surface area contributed by atoms with Crippen LogP contribution in [0.5, 0.6) is 0 Å². The first kappa shape index (κ1) is 19.3. The summed E-state index contributed by atoms with van der Waals surface area (Å²) in [6.07, 6.45) is 0.692. The molecule has 0 aromatic heterocycles. The number of nitriles is 1. The lowest BCUT2D eigenvalue weighted by molar-refractivity contribution is -0.114. The van der Waals surface area contributed by atoms with Crippen molar-refractivity contribution in [2.24, 2.45) is 0 Å². The van der Waals surface area contributed by atoms with Crippen molar-refractivity contribution in [1.82, 2.24) is 0 Å². The Hall–Kier alpha value is -3.06. The molecular formula is C16H12F3N3O3S. The highest BCUT2D eigenvalue weighted by molar-refractivity contribution is 7.92. The molecule has 0 saturated carbocycles. The Kier molecular flexibility index (Phi) is 5.52. The van der Waals surface area contributed by atoms with Crippen molar-refractivity contribution in [2.75, 3.05) is 22.4 Å². The smallest absolute Gasteiger partial charge is 0.245 e. The van der Waals surface area contributed by atoms with Crippen LogP contribution in [-0.2, 0) is 14.8 Å². The molecule has 2 aromatic carbocycles.